The van der Waals surface area contributed by atoms with Crippen LogP contribution in [0.2, 0.25) is 0 Å². The lowest BCUT2D eigenvalue weighted by molar-refractivity contribution is -0.134. The molecule has 0 radical (unpaired) electrons. The maximum atomic E-state index is 9.99. The first-order valence-electron chi connectivity index (χ1n) is 2.51. The number of aromatic nitrogens is 2. The molecule has 10 heavy (non-hydrogen) atoms. The van der Waals surface area contributed by atoms with E-state index in [2.05, 4.69) is 14.7 Å². The van der Waals surface area contributed by atoms with Crippen molar-refractivity contribution in [3.05, 3.63) is 6.33 Å². The molecular formula is C4H5N3O2S. The van der Waals surface area contributed by atoms with Gasteiger partial charge < -0.3 is 10.4 Å². The van der Waals surface area contributed by atoms with E-state index in [-0.39, 0.29) is 6.54 Å². The van der Waals surface area contributed by atoms with Gasteiger partial charge in [0.25, 0.3) is 0 Å². The summed E-state index contributed by atoms with van der Waals surface area (Å²) in [6.45, 7) is -0.116. The van der Waals surface area contributed by atoms with Crippen LogP contribution in [0.4, 0.5) is 5.13 Å². The highest BCUT2D eigenvalue weighted by Gasteiger charge is 1.97. The van der Waals surface area contributed by atoms with E-state index in [0.29, 0.717) is 5.13 Å². The first-order chi connectivity index (χ1) is 4.79. The van der Waals surface area contributed by atoms with E-state index < -0.39 is 5.97 Å². The number of aliphatic carboxylic acids is 1. The van der Waals surface area contributed by atoms with Crippen LogP contribution in [0, 0.1) is 0 Å². The molecule has 6 heteroatoms. The number of hydrogen-bond donors (Lipinski definition) is 2. The van der Waals surface area contributed by atoms with Crippen LogP contribution >= 0.6 is 11.5 Å². The van der Waals surface area contributed by atoms with Crippen molar-refractivity contribution in [2.24, 2.45) is 0 Å². The number of nitrogens with one attached hydrogen (secondary N) is 1. The number of carboxylic acid groups (broad SMARTS) is 1. The summed E-state index contributed by atoms with van der Waals surface area (Å²) in [4.78, 5) is 13.7. The standard InChI is InChI=1S/C4H5N3O2S/c8-3(9)1-5-4-6-2-7-10-4/h2H,1H2,(H,8,9)(H,5,6,7). The van der Waals surface area contributed by atoms with Crippen molar-refractivity contribution in [1.82, 2.24) is 9.36 Å². The fourth-order valence-electron chi connectivity index (χ4n) is 0.402. The van der Waals surface area contributed by atoms with Crippen LogP contribution < -0.4 is 5.32 Å². The van der Waals surface area contributed by atoms with Gasteiger partial charge in [-0.15, -0.1) is 0 Å². The van der Waals surface area contributed by atoms with Crippen molar-refractivity contribution in [1.29, 1.82) is 0 Å². The number of hydrogen-bond acceptors (Lipinski definition) is 5. The Balaban J connectivity index is 2.35. The van der Waals surface area contributed by atoms with Crippen LogP contribution in [0.3, 0.4) is 0 Å². The third-order valence-electron chi connectivity index (χ3n) is 0.752. The van der Waals surface area contributed by atoms with Crippen LogP contribution in [0.1, 0.15) is 0 Å². The van der Waals surface area contributed by atoms with Gasteiger partial charge in [0.2, 0.25) is 5.13 Å². The van der Waals surface area contributed by atoms with Crippen molar-refractivity contribution in [3.8, 4) is 0 Å². The molecule has 1 aromatic rings. The van der Waals surface area contributed by atoms with Crippen LogP contribution in [0.15, 0.2) is 6.33 Å². The minimum atomic E-state index is -0.907. The van der Waals surface area contributed by atoms with Gasteiger partial charge in [-0.1, -0.05) is 0 Å². The molecule has 0 aromatic carbocycles. The molecule has 0 amide bonds. The summed E-state index contributed by atoms with van der Waals surface area (Å²) >= 11 is 1.13. The van der Waals surface area contributed by atoms with E-state index in [9.17, 15) is 4.79 Å². The van der Waals surface area contributed by atoms with E-state index in [1.165, 1.54) is 6.33 Å². The van der Waals surface area contributed by atoms with Gasteiger partial charge >= 0.3 is 5.97 Å². The molecule has 0 fully saturated rings. The number of rotatable bonds is 3. The van der Waals surface area contributed by atoms with Crippen LogP contribution in [-0.4, -0.2) is 27.0 Å². The van der Waals surface area contributed by atoms with Crippen molar-refractivity contribution < 1.29 is 9.90 Å². The summed E-state index contributed by atoms with van der Waals surface area (Å²) in [6.07, 6.45) is 1.37. The second kappa shape index (κ2) is 3.11. The summed E-state index contributed by atoms with van der Waals surface area (Å²) < 4.78 is 3.68. The minimum absolute atomic E-state index is 0.116. The molecule has 1 aromatic heterocycles. The fourth-order valence-corrected chi connectivity index (χ4v) is 0.827. The average molecular weight is 159 g/mol. The van der Waals surface area contributed by atoms with Crippen molar-refractivity contribution in [3.63, 3.8) is 0 Å². The lowest BCUT2D eigenvalue weighted by Gasteiger charge is -1.93. The normalized spacial score (nSPS) is 9.20. The molecular weight excluding hydrogens is 154 g/mol. The van der Waals surface area contributed by atoms with Crippen LogP contribution in [-0.2, 0) is 4.79 Å². The maximum Gasteiger partial charge on any atom is 0.322 e. The maximum absolute atomic E-state index is 9.99. The third-order valence-corrected chi connectivity index (χ3v) is 1.37. The zero-order valence-corrected chi connectivity index (χ0v) is 5.76. The fraction of sp³-hybridized carbons (Fsp3) is 0.250. The average Bonchev–Trinajstić information content (AvgIpc) is 2.34. The highest BCUT2D eigenvalue weighted by molar-refractivity contribution is 7.09. The Morgan fingerprint density at radius 3 is 3.20 bits per heavy atom. The summed E-state index contributed by atoms with van der Waals surface area (Å²) in [7, 11) is 0. The lowest BCUT2D eigenvalue weighted by atomic mass is 10.7. The zero-order chi connectivity index (χ0) is 7.40. The van der Waals surface area contributed by atoms with Gasteiger partial charge in [-0.05, 0) is 0 Å². The summed E-state index contributed by atoms with van der Waals surface area (Å²) in [5.74, 6) is -0.907. The highest BCUT2D eigenvalue weighted by atomic mass is 32.1. The smallest absolute Gasteiger partial charge is 0.322 e. The van der Waals surface area contributed by atoms with Gasteiger partial charge in [0.05, 0.1) is 0 Å². The molecule has 0 saturated carbocycles. The predicted octanol–water partition coefficient (Wildman–Crippen LogP) is 0.0346. The van der Waals surface area contributed by atoms with Gasteiger partial charge in [0.15, 0.2) is 0 Å². The van der Waals surface area contributed by atoms with Gasteiger partial charge in [-0.25, -0.2) is 4.98 Å². The quantitative estimate of drug-likeness (QED) is 0.651. The Labute approximate surface area is 60.9 Å². The molecule has 2 N–H and O–H groups in total. The second-order valence-electron chi connectivity index (χ2n) is 1.49. The summed E-state index contributed by atoms with van der Waals surface area (Å²) in [6, 6.07) is 0. The monoisotopic (exact) mass is 159 g/mol. The van der Waals surface area contributed by atoms with E-state index in [0.717, 1.165) is 11.5 Å². The van der Waals surface area contributed by atoms with E-state index in [1.54, 1.807) is 0 Å². The van der Waals surface area contributed by atoms with Gasteiger partial charge in [-0.2, -0.15) is 4.37 Å². The number of carboxylic acids is 1. The Hall–Kier alpha value is -1.17. The molecule has 1 rings (SSSR count). The van der Waals surface area contributed by atoms with Crippen molar-refractivity contribution >= 4 is 22.6 Å². The Morgan fingerprint density at radius 1 is 1.90 bits per heavy atom. The van der Waals surface area contributed by atoms with Crippen molar-refractivity contribution in [2.75, 3.05) is 11.9 Å². The van der Waals surface area contributed by atoms with Crippen LogP contribution in [0.5, 0.6) is 0 Å². The molecule has 0 spiro atoms. The molecule has 0 aliphatic carbocycles. The molecule has 54 valence electrons. The first kappa shape index (κ1) is 6.94. The minimum Gasteiger partial charge on any atom is -0.480 e. The highest BCUT2D eigenvalue weighted by Crippen LogP contribution is 2.04. The van der Waals surface area contributed by atoms with Gasteiger partial charge in [0.1, 0.15) is 12.9 Å². The van der Waals surface area contributed by atoms with Gasteiger partial charge in [0, 0.05) is 11.5 Å². The Bertz CT molecular complexity index is 210. The summed E-state index contributed by atoms with van der Waals surface area (Å²) in [5.41, 5.74) is 0. The SMILES string of the molecule is O=C(O)CNc1ncns1. The number of anilines is 1. The zero-order valence-electron chi connectivity index (χ0n) is 4.94. The molecule has 0 aliphatic rings. The van der Waals surface area contributed by atoms with E-state index >= 15 is 0 Å². The molecule has 0 bridgehead atoms. The van der Waals surface area contributed by atoms with Gasteiger partial charge in [-0.3, -0.25) is 4.79 Å². The first-order valence-corrected chi connectivity index (χ1v) is 3.28. The van der Waals surface area contributed by atoms with Crippen molar-refractivity contribution in [2.45, 2.75) is 0 Å². The molecule has 0 aliphatic heterocycles. The number of nitrogens with zero attached hydrogens (tertiary/aromatic N) is 2. The lowest BCUT2D eigenvalue weighted by Crippen LogP contribution is -2.11. The van der Waals surface area contributed by atoms with E-state index in [1.807, 2.05) is 0 Å². The second-order valence-corrected chi connectivity index (χ2v) is 2.27. The largest absolute Gasteiger partial charge is 0.480 e. The predicted molar refractivity (Wildman–Crippen MR) is 36.0 cm³/mol. The molecule has 5 nitrogen and oxygen atoms in total. The topological polar surface area (TPSA) is 75.1 Å². The van der Waals surface area contributed by atoms with E-state index in [4.69, 9.17) is 5.11 Å². The Kier molecular flexibility index (Phi) is 2.16. The number of carbonyl (C=O) groups is 1. The molecule has 1 heterocycles. The molecule has 0 saturated heterocycles. The molecule has 0 atom stereocenters. The summed E-state index contributed by atoms with van der Waals surface area (Å²) in [5, 5.41) is 11.3. The molecule has 0 unspecified atom stereocenters. The third kappa shape index (κ3) is 1.98. The Morgan fingerprint density at radius 2 is 2.70 bits per heavy atom. The van der Waals surface area contributed by atoms with Crippen LogP contribution in [0.25, 0.3) is 0 Å².